The maximum atomic E-state index is 13.4. The summed E-state index contributed by atoms with van der Waals surface area (Å²) in [5.41, 5.74) is 6.05. The number of hydrogen-bond donors (Lipinski definition) is 4. The number of halogens is 1. The minimum absolute atomic E-state index is 0.0364. The Morgan fingerprint density at radius 2 is 1.97 bits per heavy atom. The molecule has 1 atom stereocenters. The van der Waals surface area contributed by atoms with E-state index >= 15 is 0 Å². The van der Waals surface area contributed by atoms with E-state index in [1.807, 2.05) is 30.3 Å². The van der Waals surface area contributed by atoms with Gasteiger partial charge in [0.05, 0.1) is 11.3 Å². The van der Waals surface area contributed by atoms with Crippen LogP contribution in [0.15, 0.2) is 60.0 Å². The number of carboxylic acids is 1. The number of aromatic nitrogens is 2. The van der Waals surface area contributed by atoms with Crippen LogP contribution < -0.4 is 15.8 Å². The number of carbonyl (C=O) groups is 2. The molecule has 0 saturated heterocycles. The third kappa shape index (κ3) is 2.17. The van der Waals surface area contributed by atoms with Gasteiger partial charge in [-0.1, -0.05) is 41.9 Å². The number of aliphatic carboxylic acids is 1. The van der Waals surface area contributed by atoms with Crippen LogP contribution in [0.1, 0.15) is 11.1 Å². The van der Waals surface area contributed by atoms with Crippen molar-refractivity contribution in [3.63, 3.8) is 0 Å². The van der Waals surface area contributed by atoms with Crippen LogP contribution in [0.5, 0.6) is 5.88 Å². The number of nitrogens with zero attached hydrogens (tertiary/aromatic N) is 1. The highest BCUT2D eigenvalue weighted by Gasteiger charge is 2.60. The van der Waals surface area contributed by atoms with Crippen LogP contribution in [-0.4, -0.2) is 27.2 Å². The van der Waals surface area contributed by atoms with Crippen LogP contribution in [0, 0.1) is 0 Å². The first kappa shape index (κ1) is 17.3. The van der Waals surface area contributed by atoms with Crippen molar-refractivity contribution in [2.75, 3.05) is 5.32 Å². The molecule has 1 unspecified atom stereocenters. The molecule has 0 aliphatic carbocycles. The van der Waals surface area contributed by atoms with Gasteiger partial charge in [-0.05, 0) is 18.2 Å². The van der Waals surface area contributed by atoms with Crippen molar-refractivity contribution >= 4 is 29.2 Å². The third-order valence-corrected chi connectivity index (χ3v) is 5.42. The number of nitrogens with one attached hydrogen (secondary N) is 2. The molecule has 0 fully saturated rings. The summed E-state index contributed by atoms with van der Waals surface area (Å²) < 4.78 is 5.51. The van der Waals surface area contributed by atoms with E-state index in [1.54, 1.807) is 18.2 Å². The fourth-order valence-electron chi connectivity index (χ4n) is 4.06. The third-order valence-electron chi connectivity index (χ3n) is 5.19. The van der Waals surface area contributed by atoms with E-state index in [1.165, 1.54) is 0 Å². The monoisotopic (exact) mass is 408 g/mol. The van der Waals surface area contributed by atoms with Gasteiger partial charge in [0.25, 0.3) is 0 Å². The Balaban J connectivity index is 1.93. The second kappa shape index (κ2) is 5.86. The number of aromatic amines is 1. The Labute approximate surface area is 168 Å². The molecule has 2 aliphatic rings. The molecule has 8 nitrogen and oxygen atoms in total. The first-order chi connectivity index (χ1) is 13.9. The van der Waals surface area contributed by atoms with Crippen molar-refractivity contribution in [1.82, 2.24) is 10.2 Å². The Morgan fingerprint density at radius 1 is 1.21 bits per heavy atom. The van der Waals surface area contributed by atoms with Gasteiger partial charge < -0.3 is 20.9 Å². The first-order valence-corrected chi connectivity index (χ1v) is 8.99. The lowest BCUT2D eigenvalue weighted by Gasteiger charge is -2.33. The van der Waals surface area contributed by atoms with Gasteiger partial charge in [-0.15, -0.1) is 5.10 Å². The van der Waals surface area contributed by atoms with Crippen LogP contribution in [0.2, 0.25) is 5.02 Å². The van der Waals surface area contributed by atoms with Gasteiger partial charge in [-0.25, -0.2) is 4.79 Å². The normalized spacial score (nSPS) is 19.6. The Bertz CT molecular complexity index is 1230. The van der Waals surface area contributed by atoms with Crippen molar-refractivity contribution in [2.45, 2.75) is 5.41 Å². The summed E-state index contributed by atoms with van der Waals surface area (Å²) in [6.45, 7) is 0. The number of fused-ring (bicyclic) bond motifs is 4. The van der Waals surface area contributed by atoms with Crippen LogP contribution in [0.25, 0.3) is 11.3 Å². The molecule has 29 heavy (non-hydrogen) atoms. The summed E-state index contributed by atoms with van der Waals surface area (Å²) in [5, 5.41) is 20.1. The van der Waals surface area contributed by atoms with E-state index in [4.69, 9.17) is 22.1 Å². The standard InChI is InChI=1S/C20H13ClN4O4/c21-10-6-7-12-11(8-10)20(19(28)23-12)13-15(9-4-2-1-3-5-9)24-25-17(13)29-16(22)14(20)18(26)27/h1-8H,22H2,(H,23,28)(H,24,25)(H,26,27). The summed E-state index contributed by atoms with van der Waals surface area (Å²) in [6.07, 6.45) is 0. The van der Waals surface area contributed by atoms with Gasteiger partial charge in [-0.3, -0.25) is 9.89 Å². The highest BCUT2D eigenvalue weighted by Crippen LogP contribution is 2.55. The molecule has 2 aliphatic heterocycles. The van der Waals surface area contributed by atoms with Crippen LogP contribution >= 0.6 is 11.6 Å². The molecule has 3 aromatic rings. The quantitative estimate of drug-likeness (QED) is 0.515. The summed E-state index contributed by atoms with van der Waals surface area (Å²) in [6, 6.07) is 13.9. The second-order valence-corrected chi connectivity index (χ2v) is 7.12. The summed E-state index contributed by atoms with van der Waals surface area (Å²) in [4.78, 5) is 25.7. The number of rotatable bonds is 2. The van der Waals surface area contributed by atoms with Crippen molar-refractivity contribution in [3.05, 3.63) is 76.1 Å². The summed E-state index contributed by atoms with van der Waals surface area (Å²) >= 11 is 6.21. The summed E-state index contributed by atoms with van der Waals surface area (Å²) in [5.74, 6) is -2.32. The highest BCUT2D eigenvalue weighted by atomic mass is 35.5. The lowest BCUT2D eigenvalue weighted by molar-refractivity contribution is -0.135. The largest absolute Gasteiger partial charge is 0.478 e. The molecule has 2 aromatic carbocycles. The van der Waals surface area contributed by atoms with Gasteiger partial charge in [0, 0.05) is 21.8 Å². The number of anilines is 1. The minimum Gasteiger partial charge on any atom is -0.478 e. The van der Waals surface area contributed by atoms with E-state index in [2.05, 4.69) is 15.5 Å². The van der Waals surface area contributed by atoms with E-state index < -0.39 is 23.2 Å². The minimum atomic E-state index is -1.78. The van der Waals surface area contributed by atoms with Crippen molar-refractivity contribution in [2.24, 2.45) is 5.73 Å². The molecule has 5 rings (SSSR count). The van der Waals surface area contributed by atoms with Gasteiger partial charge in [0.1, 0.15) is 11.0 Å². The van der Waals surface area contributed by atoms with E-state index in [9.17, 15) is 14.7 Å². The van der Waals surface area contributed by atoms with Crippen LogP contribution in [-0.2, 0) is 15.0 Å². The molecule has 5 N–H and O–H groups in total. The zero-order valence-corrected chi connectivity index (χ0v) is 15.4. The highest BCUT2D eigenvalue weighted by molar-refractivity contribution is 6.31. The number of nitrogens with two attached hydrogens (primary N) is 1. The predicted molar refractivity (Wildman–Crippen MR) is 104 cm³/mol. The molecule has 1 aromatic heterocycles. The van der Waals surface area contributed by atoms with Crippen LogP contribution in [0.3, 0.4) is 0 Å². The first-order valence-electron chi connectivity index (χ1n) is 8.61. The number of ether oxygens (including phenoxy) is 1. The SMILES string of the molecule is NC1=C(C(=O)O)C2(C(=O)Nc3ccc(Cl)cc32)c2c(n[nH]c2-c2ccccc2)O1. The van der Waals surface area contributed by atoms with E-state index in [-0.39, 0.29) is 17.0 Å². The zero-order valence-electron chi connectivity index (χ0n) is 14.7. The fourth-order valence-corrected chi connectivity index (χ4v) is 4.23. The molecule has 9 heteroatoms. The van der Waals surface area contributed by atoms with Crippen molar-refractivity contribution in [3.8, 4) is 17.1 Å². The molecule has 1 amide bonds. The van der Waals surface area contributed by atoms with Crippen molar-refractivity contribution < 1.29 is 19.4 Å². The van der Waals surface area contributed by atoms with Gasteiger partial charge >= 0.3 is 5.97 Å². The lowest BCUT2D eigenvalue weighted by Crippen LogP contribution is -2.45. The van der Waals surface area contributed by atoms with Crippen LogP contribution in [0.4, 0.5) is 5.69 Å². The number of benzene rings is 2. The predicted octanol–water partition coefficient (Wildman–Crippen LogP) is 2.62. The number of carbonyl (C=O) groups excluding carboxylic acids is 1. The van der Waals surface area contributed by atoms with E-state index in [0.717, 1.165) is 0 Å². The van der Waals surface area contributed by atoms with E-state index in [0.29, 0.717) is 27.5 Å². The number of H-pyrrole nitrogens is 1. The van der Waals surface area contributed by atoms with Gasteiger partial charge in [0.2, 0.25) is 17.7 Å². The number of amides is 1. The zero-order chi connectivity index (χ0) is 20.3. The van der Waals surface area contributed by atoms with Gasteiger partial charge in [-0.2, -0.15) is 0 Å². The topological polar surface area (TPSA) is 130 Å². The molecular weight excluding hydrogens is 396 g/mol. The Morgan fingerprint density at radius 3 is 2.69 bits per heavy atom. The molecule has 144 valence electrons. The Kier molecular flexibility index (Phi) is 3.50. The molecular formula is C20H13ClN4O4. The molecule has 0 radical (unpaired) electrons. The number of hydrogen-bond acceptors (Lipinski definition) is 5. The number of carboxylic acid groups (broad SMARTS) is 1. The second-order valence-electron chi connectivity index (χ2n) is 6.69. The summed E-state index contributed by atoms with van der Waals surface area (Å²) in [7, 11) is 0. The molecule has 3 heterocycles. The average molecular weight is 409 g/mol. The maximum absolute atomic E-state index is 13.4. The molecule has 1 spiro atoms. The maximum Gasteiger partial charge on any atom is 0.338 e. The fraction of sp³-hybridized carbons (Fsp3) is 0.0500. The molecule has 0 bridgehead atoms. The van der Waals surface area contributed by atoms with Gasteiger partial charge in [0.15, 0.2) is 0 Å². The van der Waals surface area contributed by atoms with Crippen molar-refractivity contribution in [1.29, 1.82) is 0 Å². The lowest BCUT2D eigenvalue weighted by atomic mass is 9.68. The average Bonchev–Trinajstić information content (AvgIpc) is 3.23. The molecule has 0 saturated carbocycles. The Hall–Kier alpha value is -3.78. The smallest absolute Gasteiger partial charge is 0.338 e.